The summed E-state index contributed by atoms with van der Waals surface area (Å²) in [6.07, 6.45) is 1.10. The molecule has 0 rings (SSSR count). The van der Waals surface area contributed by atoms with Crippen LogP contribution in [0.5, 0.6) is 0 Å². The highest BCUT2D eigenvalue weighted by Gasteiger charge is 2.54. The van der Waals surface area contributed by atoms with Crippen molar-refractivity contribution in [2.45, 2.75) is 109 Å². The molecule has 0 saturated carbocycles. The number of amides is 1. The summed E-state index contributed by atoms with van der Waals surface area (Å²) in [6, 6.07) is -1.22. The van der Waals surface area contributed by atoms with Crippen molar-refractivity contribution in [3.63, 3.8) is 0 Å². The van der Waals surface area contributed by atoms with Gasteiger partial charge in [0, 0.05) is 12.0 Å². The lowest BCUT2D eigenvalue weighted by Gasteiger charge is -2.52. The van der Waals surface area contributed by atoms with Crippen molar-refractivity contribution in [1.82, 2.24) is 5.32 Å². The molecular weight excluding hydrogens is 353 g/mol. The van der Waals surface area contributed by atoms with Crippen LogP contribution in [-0.4, -0.2) is 18.0 Å². The standard InChI is InChI=1S/C24H46FNO2/c1-16(2)26-18(27)17(14-20(3,4)5)23(11,12)22(9,10)15-24(13,19(25)28)21(6,7)8/h16-17H,14-15H2,1-13H3,(H,26,27). The van der Waals surface area contributed by atoms with Crippen molar-refractivity contribution in [2.24, 2.45) is 33.0 Å². The molecule has 0 aliphatic rings. The van der Waals surface area contributed by atoms with E-state index in [9.17, 15) is 14.0 Å². The van der Waals surface area contributed by atoms with Gasteiger partial charge in [0.15, 0.2) is 0 Å². The Hall–Kier alpha value is -0.930. The molecule has 1 N–H and O–H groups in total. The summed E-state index contributed by atoms with van der Waals surface area (Å²) in [7, 11) is 0. The minimum absolute atomic E-state index is 0.0322. The highest BCUT2D eigenvalue weighted by Crippen LogP contribution is 2.56. The Morgan fingerprint density at radius 3 is 1.57 bits per heavy atom. The van der Waals surface area contributed by atoms with Crippen molar-refractivity contribution < 1.29 is 14.0 Å². The Morgan fingerprint density at radius 1 is 0.857 bits per heavy atom. The van der Waals surface area contributed by atoms with Gasteiger partial charge in [-0.15, -0.1) is 0 Å². The lowest BCUT2D eigenvalue weighted by atomic mass is 9.51. The van der Waals surface area contributed by atoms with E-state index in [0.717, 1.165) is 6.42 Å². The SMILES string of the molecule is CC(C)NC(=O)C(CC(C)(C)C)C(C)(C)C(C)(C)CC(C)(C(=O)F)C(C)(C)C. The number of nitrogens with one attached hydrogen (secondary N) is 1. The summed E-state index contributed by atoms with van der Waals surface area (Å²) < 4.78 is 14.2. The van der Waals surface area contributed by atoms with Crippen LogP contribution in [0.15, 0.2) is 0 Å². The summed E-state index contributed by atoms with van der Waals surface area (Å²) >= 11 is 0. The molecule has 0 saturated heterocycles. The normalized spacial score (nSPS) is 17.2. The van der Waals surface area contributed by atoms with Crippen LogP contribution in [0.3, 0.4) is 0 Å². The summed E-state index contributed by atoms with van der Waals surface area (Å²) in [5, 5.41) is 3.08. The van der Waals surface area contributed by atoms with Gasteiger partial charge in [-0.2, -0.15) is 4.39 Å². The van der Waals surface area contributed by atoms with Crippen LogP contribution in [-0.2, 0) is 9.59 Å². The zero-order chi connectivity index (χ0) is 22.9. The second-order valence-electron chi connectivity index (χ2n) is 12.6. The first-order chi connectivity index (χ1) is 12.1. The fourth-order valence-corrected chi connectivity index (χ4v) is 3.89. The van der Waals surface area contributed by atoms with Crippen LogP contribution in [0.4, 0.5) is 4.39 Å². The Bertz CT molecular complexity index is 564. The van der Waals surface area contributed by atoms with Gasteiger partial charge in [-0.05, 0) is 55.3 Å². The first-order valence-electron chi connectivity index (χ1n) is 10.6. The number of rotatable bonds is 8. The lowest BCUT2D eigenvalue weighted by molar-refractivity contribution is -0.153. The Labute approximate surface area is 173 Å². The van der Waals surface area contributed by atoms with E-state index in [2.05, 4.69) is 53.8 Å². The third kappa shape index (κ3) is 6.29. The molecule has 2 unspecified atom stereocenters. The molecule has 3 nitrogen and oxygen atoms in total. The van der Waals surface area contributed by atoms with Crippen LogP contribution < -0.4 is 5.32 Å². The zero-order valence-electron chi connectivity index (χ0n) is 20.8. The minimum atomic E-state index is -1.28. The molecule has 0 aromatic carbocycles. The molecule has 0 spiro atoms. The maximum Gasteiger partial charge on any atom is 0.307 e. The number of carbonyl (C=O) groups is 2. The number of hydrogen-bond acceptors (Lipinski definition) is 2. The van der Waals surface area contributed by atoms with Crippen LogP contribution in [0, 0.1) is 33.0 Å². The average molecular weight is 400 g/mol. The first kappa shape index (κ1) is 27.1. The fraction of sp³-hybridized carbons (Fsp3) is 0.917. The van der Waals surface area contributed by atoms with Gasteiger partial charge in [0.25, 0.3) is 0 Å². The molecule has 0 fully saturated rings. The molecule has 0 aliphatic carbocycles. The molecule has 0 radical (unpaired) electrons. The van der Waals surface area contributed by atoms with Crippen LogP contribution in [0.25, 0.3) is 0 Å². The van der Waals surface area contributed by atoms with Crippen molar-refractivity contribution in [1.29, 1.82) is 0 Å². The number of carbonyl (C=O) groups excluding carboxylic acids is 2. The van der Waals surface area contributed by atoms with Gasteiger partial charge in [0.1, 0.15) is 0 Å². The van der Waals surface area contributed by atoms with E-state index in [4.69, 9.17) is 0 Å². The van der Waals surface area contributed by atoms with Crippen LogP contribution in [0.1, 0.15) is 103 Å². The van der Waals surface area contributed by atoms with Gasteiger partial charge in [-0.25, -0.2) is 0 Å². The molecule has 1 amide bonds. The molecule has 28 heavy (non-hydrogen) atoms. The van der Waals surface area contributed by atoms with Crippen molar-refractivity contribution in [2.75, 3.05) is 0 Å². The van der Waals surface area contributed by atoms with Gasteiger partial charge >= 0.3 is 6.04 Å². The third-order valence-corrected chi connectivity index (χ3v) is 7.06. The van der Waals surface area contributed by atoms with E-state index in [-0.39, 0.29) is 23.3 Å². The molecule has 0 aliphatic heterocycles. The number of halogens is 1. The summed E-state index contributed by atoms with van der Waals surface area (Å²) in [4.78, 5) is 25.2. The molecule has 166 valence electrons. The third-order valence-electron chi connectivity index (χ3n) is 7.06. The van der Waals surface area contributed by atoms with E-state index in [1.807, 2.05) is 34.6 Å². The fourth-order valence-electron chi connectivity index (χ4n) is 3.89. The van der Waals surface area contributed by atoms with Crippen LogP contribution in [0.2, 0.25) is 0 Å². The van der Waals surface area contributed by atoms with E-state index < -0.39 is 27.7 Å². The Kier molecular flexibility index (Phi) is 8.16. The summed E-state index contributed by atoms with van der Waals surface area (Å²) in [5.74, 6) is -0.212. The van der Waals surface area contributed by atoms with Crippen molar-refractivity contribution in [3.05, 3.63) is 0 Å². The predicted molar refractivity (Wildman–Crippen MR) is 117 cm³/mol. The second-order valence-corrected chi connectivity index (χ2v) is 12.6. The monoisotopic (exact) mass is 399 g/mol. The highest BCUT2D eigenvalue weighted by atomic mass is 19.1. The van der Waals surface area contributed by atoms with E-state index in [0.29, 0.717) is 6.42 Å². The predicted octanol–water partition coefficient (Wildman–Crippen LogP) is 6.55. The minimum Gasteiger partial charge on any atom is -0.354 e. The van der Waals surface area contributed by atoms with Gasteiger partial charge in [0.2, 0.25) is 5.91 Å². The molecule has 0 bridgehead atoms. The first-order valence-corrected chi connectivity index (χ1v) is 10.6. The molecule has 0 aromatic heterocycles. The smallest absolute Gasteiger partial charge is 0.307 e. The van der Waals surface area contributed by atoms with E-state index in [1.165, 1.54) is 0 Å². The van der Waals surface area contributed by atoms with Gasteiger partial charge in [-0.3, -0.25) is 9.59 Å². The quantitative estimate of drug-likeness (QED) is 0.470. The largest absolute Gasteiger partial charge is 0.354 e. The topological polar surface area (TPSA) is 46.2 Å². The van der Waals surface area contributed by atoms with Gasteiger partial charge in [0.05, 0.1) is 5.41 Å². The van der Waals surface area contributed by atoms with Gasteiger partial charge < -0.3 is 5.32 Å². The molecule has 0 aromatic rings. The average Bonchev–Trinajstić information content (AvgIpc) is 2.40. The lowest BCUT2D eigenvalue weighted by Crippen LogP contribution is -2.52. The summed E-state index contributed by atoms with van der Waals surface area (Å²) in [6.45, 7) is 26.1. The molecule has 2 atom stereocenters. The van der Waals surface area contributed by atoms with Gasteiger partial charge in [-0.1, -0.05) is 69.2 Å². The zero-order valence-corrected chi connectivity index (χ0v) is 20.8. The highest BCUT2D eigenvalue weighted by molar-refractivity contribution is 5.80. The second kappa shape index (κ2) is 8.44. The maximum atomic E-state index is 14.2. The van der Waals surface area contributed by atoms with E-state index in [1.54, 1.807) is 6.92 Å². The summed E-state index contributed by atoms with van der Waals surface area (Å²) in [5.41, 5.74) is -2.56. The van der Waals surface area contributed by atoms with Crippen molar-refractivity contribution >= 4 is 11.9 Å². The van der Waals surface area contributed by atoms with Crippen molar-refractivity contribution in [3.8, 4) is 0 Å². The molecular formula is C24H46FNO2. The Morgan fingerprint density at radius 2 is 1.29 bits per heavy atom. The Balaban J connectivity index is 6.19. The van der Waals surface area contributed by atoms with Crippen LogP contribution >= 0.6 is 0 Å². The number of hydrogen-bond donors (Lipinski definition) is 1. The van der Waals surface area contributed by atoms with E-state index >= 15 is 0 Å². The maximum absolute atomic E-state index is 14.2. The molecule has 0 heterocycles. The molecule has 4 heteroatoms.